The summed E-state index contributed by atoms with van der Waals surface area (Å²) in [4.78, 5) is 14.9. The van der Waals surface area contributed by atoms with Crippen molar-refractivity contribution in [3.63, 3.8) is 0 Å². The van der Waals surface area contributed by atoms with Crippen LogP contribution < -0.4 is 10.6 Å². The minimum absolute atomic E-state index is 0.147. The van der Waals surface area contributed by atoms with Gasteiger partial charge in [0.05, 0.1) is 5.41 Å². The van der Waals surface area contributed by atoms with E-state index in [2.05, 4.69) is 15.6 Å². The highest BCUT2D eigenvalue weighted by Gasteiger charge is 2.35. The molecule has 0 radical (unpaired) electrons. The van der Waals surface area contributed by atoms with Crippen molar-refractivity contribution in [2.24, 2.45) is 5.41 Å². The van der Waals surface area contributed by atoms with Crippen LogP contribution in [0.5, 0.6) is 0 Å². The maximum Gasteiger partial charge on any atom is 0.227 e. The first-order valence-corrected chi connectivity index (χ1v) is 5.31. The normalized spacial score (nSPS) is 25.4. The largest absolute Gasteiger partial charge is 0.367 e. The molecule has 4 nitrogen and oxygen atoms in total. The van der Waals surface area contributed by atoms with E-state index in [1.807, 2.05) is 25.4 Å². The third-order valence-corrected chi connectivity index (χ3v) is 3.03. The standard InChI is InChI=1S/C11H17N3O/c1-11(3-5-13-8-11)10(15)14-7-9-2-4-12-6-9/h2,4,6,12-13H,3,5,7-8H2,1H3,(H,14,15). The number of hydrogen-bond acceptors (Lipinski definition) is 2. The second-order valence-electron chi connectivity index (χ2n) is 4.39. The lowest BCUT2D eigenvalue weighted by molar-refractivity contribution is -0.129. The molecule has 1 aromatic rings. The minimum atomic E-state index is -0.226. The highest BCUT2D eigenvalue weighted by Crippen LogP contribution is 2.24. The van der Waals surface area contributed by atoms with E-state index in [9.17, 15) is 4.79 Å². The summed E-state index contributed by atoms with van der Waals surface area (Å²) >= 11 is 0. The van der Waals surface area contributed by atoms with Crippen molar-refractivity contribution in [3.8, 4) is 0 Å². The molecule has 1 saturated heterocycles. The van der Waals surface area contributed by atoms with Crippen LogP contribution >= 0.6 is 0 Å². The van der Waals surface area contributed by atoms with Gasteiger partial charge in [-0.25, -0.2) is 0 Å². The zero-order valence-corrected chi connectivity index (χ0v) is 8.97. The molecule has 1 amide bonds. The van der Waals surface area contributed by atoms with E-state index in [4.69, 9.17) is 0 Å². The van der Waals surface area contributed by atoms with Gasteiger partial charge in [-0.05, 0) is 31.5 Å². The summed E-state index contributed by atoms with van der Waals surface area (Å²) in [7, 11) is 0. The lowest BCUT2D eigenvalue weighted by Crippen LogP contribution is -2.39. The Morgan fingerprint density at radius 2 is 2.53 bits per heavy atom. The zero-order chi connectivity index (χ0) is 10.7. The number of aromatic nitrogens is 1. The number of carbonyl (C=O) groups excluding carboxylic acids is 1. The monoisotopic (exact) mass is 207 g/mol. The first-order chi connectivity index (χ1) is 7.21. The summed E-state index contributed by atoms with van der Waals surface area (Å²) < 4.78 is 0. The van der Waals surface area contributed by atoms with Gasteiger partial charge < -0.3 is 15.6 Å². The fourth-order valence-corrected chi connectivity index (χ4v) is 1.87. The van der Waals surface area contributed by atoms with Gasteiger partial charge >= 0.3 is 0 Å². The molecule has 3 N–H and O–H groups in total. The predicted octanol–water partition coefficient (Wildman–Crippen LogP) is 0.630. The van der Waals surface area contributed by atoms with Gasteiger partial charge in [-0.3, -0.25) is 4.79 Å². The fraction of sp³-hybridized carbons (Fsp3) is 0.545. The van der Waals surface area contributed by atoms with Crippen LogP contribution in [0.4, 0.5) is 0 Å². The van der Waals surface area contributed by atoms with Crippen molar-refractivity contribution in [1.29, 1.82) is 0 Å². The summed E-state index contributed by atoms with van der Waals surface area (Å²) in [6.45, 7) is 4.34. The molecule has 1 aromatic heterocycles. The molecule has 0 aliphatic carbocycles. The van der Waals surface area contributed by atoms with Gasteiger partial charge in [0.15, 0.2) is 0 Å². The molecule has 1 unspecified atom stereocenters. The van der Waals surface area contributed by atoms with E-state index in [-0.39, 0.29) is 11.3 Å². The van der Waals surface area contributed by atoms with Crippen LogP contribution in [0.15, 0.2) is 18.5 Å². The molecule has 0 saturated carbocycles. The van der Waals surface area contributed by atoms with Crippen molar-refractivity contribution >= 4 is 5.91 Å². The van der Waals surface area contributed by atoms with E-state index in [1.54, 1.807) is 0 Å². The summed E-state index contributed by atoms with van der Waals surface area (Å²) in [5.74, 6) is 0.147. The quantitative estimate of drug-likeness (QED) is 0.681. The number of nitrogens with one attached hydrogen (secondary N) is 3. The fourth-order valence-electron chi connectivity index (χ4n) is 1.87. The molecule has 2 rings (SSSR count). The number of aromatic amines is 1. The number of amides is 1. The van der Waals surface area contributed by atoms with Crippen molar-refractivity contribution in [2.45, 2.75) is 19.9 Å². The molecule has 4 heteroatoms. The highest BCUT2D eigenvalue weighted by molar-refractivity contribution is 5.82. The lowest BCUT2D eigenvalue weighted by Gasteiger charge is -2.21. The summed E-state index contributed by atoms with van der Waals surface area (Å²) in [5.41, 5.74) is 0.883. The second kappa shape index (κ2) is 4.06. The van der Waals surface area contributed by atoms with Crippen molar-refractivity contribution in [3.05, 3.63) is 24.0 Å². The van der Waals surface area contributed by atoms with Crippen LogP contribution in [0.1, 0.15) is 18.9 Å². The molecular formula is C11H17N3O. The molecular weight excluding hydrogens is 190 g/mol. The van der Waals surface area contributed by atoms with Gasteiger partial charge in [-0.2, -0.15) is 0 Å². The van der Waals surface area contributed by atoms with E-state index in [0.717, 1.165) is 25.1 Å². The molecule has 15 heavy (non-hydrogen) atoms. The van der Waals surface area contributed by atoms with Crippen LogP contribution in [0.2, 0.25) is 0 Å². The Hall–Kier alpha value is -1.29. The van der Waals surface area contributed by atoms with Crippen molar-refractivity contribution in [2.75, 3.05) is 13.1 Å². The highest BCUT2D eigenvalue weighted by atomic mass is 16.2. The number of hydrogen-bond donors (Lipinski definition) is 3. The van der Waals surface area contributed by atoms with Crippen LogP contribution in [0.25, 0.3) is 0 Å². The lowest BCUT2D eigenvalue weighted by atomic mass is 9.89. The summed E-state index contributed by atoms with van der Waals surface area (Å²) in [6.07, 6.45) is 4.68. The van der Waals surface area contributed by atoms with Crippen LogP contribution in [-0.2, 0) is 11.3 Å². The average Bonchev–Trinajstić information content (AvgIpc) is 2.85. The number of H-pyrrole nitrogens is 1. The van der Waals surface area contributed by atoms with Gasteiger partial charge in [-0.15, -0.1) is 0 Å². The molecule has 2 heterocycles. The average molecular weight is 207 g/mol. The Morgan fingerprint density at radius 1 is 1.67 bits per heavy atom. The first-order valence-electron chi connectivity index (χ1n) is 5.31. The molecule has 0 bridgehead atoms. The molecule has 82 valence electrons. The van der Waals surface area contributed by atoms with Gasteiger partial charge in [0.2, 0.25) is 5.91 Å². The first kappa shape index (κ1) is 10.2. The minimum Gasteiger partial charge on any atom is -0.367 e. The number of rotatable bonds is 3. The smallest absolute Gasteiger partial charge is 0.227 e. The Balaban J connectivity index is 1.87. The van der Waals surface area contributed by atoms with Gasteiger partial charge in [0.1, 0.15) is 0 Å². The Labute approximate surface area is 89.5 Å². The molecule has 1 atom stereocenters. The number of carbonyl (C=O) groups is 1. The summed E-state index contributed by atoms with van der Waals surface area (Å²) in [6, 6.07) is 1.97. The van der Waals surface area contributed by atoms with Crippen LogP contribution in [-0.4, -0.2) is 24.0 Å². The maximum absolute atomic E-state index is 11.9. The van der Waals surface area contributed by atoms with Crippen LogP contribution in [0, 0.1) is 5.41 Å². The van der Waals surface area contributed by atoms with Crippen molar-refractivity contribution < 1.29 is 4.79 Å². The maximum atomic E-state index is 11.9. The van der Waals surface area contributed by atoms with Gasteiger partial charge in [0, 0.05) is 25.5 Å². The zero-order valence-electron chi connectivity index (χ0n) is 8.97. The van der Waals surface area contributed by atoms with E-state index >= 15 is 0 Å². The Kier molecular flexibility index (Phi) is 2.77. The van der Waals surface area contributed by atoms with Crippen LogP contribution in [0.3, 0.4) is 0 Å². The molecule has 0 aromatic carbocycles. The van der Waals surface area contributed by atoms with Gasteiger partial charge in [0.25, 0.3) is 0 Å². The van der Waals surface area contributed by atoms with Crippen molar-refractivity contribution in [1.82, 2.24) is 15.6 Å². The molecule has 1 aliphatic rings. The Morgan fingerprint density at radius 3 is 3.13 bits per heavy atom. The molecule has 0 spiro atoms. The Bertz CT molecular complexity index is 326. The third-order valence-electron chi connectivity index (χ3n) is 3.03. The van der Waals surface area contributed by atoms with E-state index < -0.39 is 0 Å². The predicted molar refractivity (Wildman–Crippen MR) is 58.2 cm³/mol. The topological polar surface area (TPSA) is 56.9 Å². The molecule has 1 fully saturated rings. The van der Waals surface area contributed by atoms with E-state index in [0.29, 0.717) is 6.54 Å². The second-order valence-corrected chi connectivity index (χ2v) is 4.39. The van der Waals surface area contributed by atoms with Gasteiger partial charge in [-0.1, -0.05) is 0 Å². The molecule has 1 aliphatic heterocycles. The third kappa shape index (κ3) is 2.21. The SMILES string of the molecule is CC1(C(=O)NCc2cc[nH]c2)CCNC1. The summed E-state index contributed by atoms with van der Waals surface area (Å²) in [5, 5.41) is 6.19. The van der Waals surface area contributed by atoms with E-state index in [1.165, 1.54) is 0 Å².